The number of aromatic nitrogens is 2. The zero-order chi connectivity index (χ0) is 51.6. The molecule has 11 heteroatoms. The Kier molecular flexibility index (Phi) is 18.9. The molecule has 0 amide bonds. The molecule has 5 heterocycles. The van der Waals surface area contributed by atoms with E-state index in [9.17, 15) is 0 Å². The van der Waals surface area contributed by atoms with Gasteiger partial charge in [0.2, 0.25) is 0 Å². The van der Waals surface area contributed by atoms with Gasteiger partial charge in [-0.2, -0.15) is 77.9 Å². The van der Waals surface area contributed by atoms with E-state index < -0.39 is 0 Å². The average molecular weight is 1540 g/mol. The molecule has 0 saturated heterocycles. The normalized spacial score (nSPS) is 13.2. The van der Waals surface area contributed by atoms with Crippen molar-refractivity contribution < 1.29 is 60.3 Å². The molecule has 12 rings (SSSR count). The zero-order valence-electron chi connectivity index (χ0n) is 44.8. The monoisotopic (exact) mass is 1550 g/mol. The van der Waals surface area contributed by atoms with Crippen LogP contribution in [-0.2, 0) is 71.1 Å². The molecule has 7 aromatic carbocycles. The summed E-state index contributed by atoms with van der Waals surface area (Å²) < 4.78 is 0. The maximum absolute atomic E-state index is 4.63. The Bertz CT molecular complexity index is 3220. The third-order valence-corrected chi connectivity index (χ3v) is 13.5. The minimum absolute atomic E-state index is 0. The third-order valence-electron chi connectivity index (χ3n) is 13.5. The Hall–Kier alpha value is -6.41. The van der Waals surface area contributed by atoms with E-state index in [1.54, 1.807) is 0 Å². The van der Waals surface area contributed by atoms with E-state index in [-0.39, 0.29) is 71.1 Å². The van der Waals surface area contributed by atoms with Crippen molar-refractivity contribution in [1.82, 2.24) is 9.97 Å². The smallest absolute Gasteiger partial charge is 0.126 e. The van der Waals surface area contributed by atoms with Crippen molar-refractivity contribution in [2.75, 3.05) is 29.4 Å². The van der Waals surface area contributed by atoms with Crippen LogP contribution >= 0.6 is 0 Å². The predicted octanol–water partition coefficient (Wildman–Crippen LogP) is 17.0. The quantitative estimate of drug-likeness (QED) is 0.153. The van der Waals surface area contributed by atoms with Crippen LogP contribution in [-0.4, -0.2) is 9.97 Å². The SMILES string of the molecule is Cc1ccccc1N1[CH-]N(c2[c-]cc(C(C)(C)C)cc2)c2cccnc21.Cc1ccccc1N1[CH-]N(c2[c-]cc(C(C)(C)C)cc2)c2ncccc21.Cc1ccccc1N1[CH-]N(c2[c-]cccc2)c2ccccc21.[Ir].[Ir].[Ir]. The van der Waals surface area contributed by atoms with Crippen molar-refractivity contribution in [3.8, 4) is 0 Å². The van der Waals surface area contributed by atoms with Crippen molar-refractivity contribution in [2.45, 2.75) is 73.1 Å². The van der Waals surface area contributed by atoms with E-state index in [2.05, 4.69) is 292 Å². The third kappa shape index (κ3) is 12.5. The van der Waals surface area contributed by atoms with Crippen LogP contribution in [0.5, 0.6) is 0 Å². The number of fused-ring (bicyclic) bond motifs is 3. The number of para-hydroxylation sites is 6. The minimum atomic E-state index is 0. The summed E-state index contributed by atoms with van der Waals surface area (Å²) in [5, 5.41) is 0. The second kappa shape index (κ2) is 24.9. The van der Waals surface area contributed by atoms with E-state index in [0.717, 1.165) is 51.4 Å². The summed E-state index contributed by atoms with van der Waals surface area (Å²) in [6.45, 7) is 26.0. The first-order valence-electron chi connectivity index (χ1n) is 25.2. The van der Waals surface area contributed by atoms with Gasteiger partial charge >= 0.3 is 0 Å². The number of aryl methyl sites for hydroxylation is 3. The molecule has 0 fully saturated rings. The summed E-state index contributed by atoms with van der Waals surface area (Å²) in [7, 11) is 0. The molecule has 0 bridgehead atoms. The Balaban J connectivity index is 0.000000165. The molecule has 0 unspecified atom stereocenters. The van der Waals surface area contributed by atoms with Crippen LogP contribution < -0.4 is 29.4 Å². The summed E-state index contributed by atoms with van der Waals surface area (Å²) in [5.74, 6) is 1.87. The van der Waals surface area contributed by atoms with E-state index in [4.69, 9.17) is 0 Å². The molecule has 8 nitrogen and oxygen atoms in total. The Labute approximate surface area is 497 Å². The first kappa shape index (κ1) is 58.3. The van der Waals surface area contributed by atoms with E-state index >= 15 is 0 Å². The zero-order valence-corrected chi connectivity index (χ0v) is 52.0. The molecule has 399 valence electrons. The molecular formula is C66H62Ir3N8-6. The fourth-order valence-electron chi connectivity index (χ4n) is 9.32. The van der Waals surface area contributed by atoms with Gasteiger partial charge in [0.15, 0.2) is 0 Å². The first-order chi connectivity index (χ1) is 35.7. The van der Waals surface area contributed by atoms with Crippen molar-refractivity contribution >= 4 is 68.5 Å². The molecule has 3 aliphatic heterocycles. The second-order valence-corrected chi connectivity index (χ2v) is 20.8. The minimum Gasteiger partial charge on any atom is -0.493 e. The summed E-state index contributed by atoms with van der Waals surface area (Å²) in [5.41, 5.74) is 17.6. The number of rotatable bonds is 6. The molecule has 0 atom stereocenters. The molecule has 0 N–H and O–H groups in total. The topological polar surface area (TPSA) is 45.2 Å². The molecule has 2 aromatic heterocycles. The van der Waals surface area contributed by atoms with Crippen molar-refractivity contribution in [3.63, 3.8) is 0 Å². The van der Waals surface area contributed by atoms with Crippen LogP contribution in [0.25, 0.3) is 0 Å². The molecule has 0 saturated carbocycles. The Morgan fingerprint density at radius 2 is 0.688 bits per heavy atom. The van der Waals surface area contributed by atoms with E-state index in [0.29, 0.717) is 0 Å². The predicted molar refractivity (Wildman–Crippen MR) is 307 cm³/mol. The van der Waals surface area contributed by atoms with Crippen molar-refractivity contribution in [2.24, 2.45) is 0 Å². The first-order valence-corrected chi connectivity index (χ1v) is 25.2. The van der Waals surface area contributed by atoms with Gasteiger partial charge in [-0.1, -0.05) is 119 Å². The number of benzene rings is 7. The fourth-order valence-corrected chi connectivity index (χ4v) is 9.32. The van der Waals surface area contributed by atoms with Crippen molar-refractivity contribution in [1.29, 1.82) is 0 Å². The summed E-state index contributed by atoms with van der Waals surface area (Å²) in [6.07, 6.45) is 3.68. The van der Waals surface area contributed by atoms with Gasteiger partial charge in [0.05, 0.1) is 11.4 Å². The van der Waals surface area contributed by atoms with Gasteiger partial charge in [-0.15, -0.1) is 49.2 Å². The standard InChI is InChI=1S/2C23H23N3.C20H16N2.3Ir/c1-17-8-5-6-9-20(17)26-16-25(22-21(26)10-7-15-24-22)19-13-11-18(12-14-19)23(2,3)4;1-17-8-5-6-9-20(17)26-16-25(21-10-7-15-24-22(21)26)19-13-11-18(12-14-19)23(2,3)4;1-16-9-5-6-12-18(16)22-15-21(17-10-3-2-4-11-17)19-13-7-8-14-20(19)22;;;/h2*5-13,15-16H,1-4H3;2-10,12-15H,1H3;;;/q3*-2;;;. The number of hydrogen-bond acceptors (Lipinski definition) is 8. The fraction of sp³-hybridized carbons (Fsp3) is 0.167. The van der Waals surface area contributed by atoms with Gasteiger partial charge in [0.1, 0.15) is 11.6 Å². The maximum atomic E-state index is 4.63. The second-order valence-electron chi connectivity index (χ2n) is 20.8. The molecule has 77 heavy (non-hydrogen) atoms. The van der Waals surface area contributed by atoms with Crippen LogP contribution in [0.15, 0.2) is 194 Å². The number of pyridine rings is 2. The van der Waals surface area contributed by atoms with Crippen LogP contribution in [0.2, 0.25) is 0 Å². The molecule has 9 aromatic rings. The summed E-state index contributed by atoms with van der Waals surface area (Å²) in [6, 6.07) is 72.9. The Morgan fingerprint density at radius 3 is 1.14 bits per heavy atom. The van der Waals surface area contributed by atoms with E-state index in [1.165, 1.54) is 44.9 Å². The summed E-state index contributed by atoms with van der Waals surface area (Å²) >= 11 is 0. The Morgan fingerprint density at radius 1 is 0.338 bits per heavy atom. The van der Waals surface area contributed by atoms with Gasteiger partial charge in [0, 0.05) is 101 Å². The number of hydrogen-bond donors (Lipinski definition) is 0. The number of anilines is 12. The number of nitrogens with zero attached hydrogens (tertiary/aromatic N) is 8. The van der Waals surface area contributed by atoms with Gasteiger partial charge in [-0.25, -0.2) is 9.97 Å². The van der Waals surface area contributed by atoms with Crippen LogP contribution in [0.3, 0.4) is 0 Å². The molecule has 0 spiro atoms. The van der Waals surface area contributed by atoms with Crippen molar-refractivity contribution in [3.05, 3.63) is 260 Å². The largest absolute Gasteiger partial charge is 0.493 e. The van der Waals surface area contributed by atoms with Crippen LogP contribution in [0, 0.1) is 59.0 Å². The molecule has 0 aliphatic carbocycles. The van der Waals surface area contributed by atoms with E-state index in [1.807, 2.05) is 42.7 Å². The average Bonchev–Trinajstić information content (AvgIpc) is 4.15. The van der Waals surface area contributed by atoms with Gasteiger partial charge < -0.3 is 29.4 Å². The molecule has 3 radical (unpaired) electrons. The summed E-state index contributed by atoms with van der Waals surface area (Å²) in [4.78, 5) is 22.3. The van der Waals surface area contributed by atoms with Crippen LogP contribution in [0.4, 0.5) is 68.5 Å². The molecule has 3 aliphatic rings. The maximum Gasteiger partial charge on any atom is 0.126 e. The van der Waals surface area contributed by atoms with Crippen LogP contribution in [0.1, 0.15) is 69.4 Å². The van der Waals surface area contributed by atoms with Gasteiger partial charge in [0.25, 0.3) is 0 Å². The van der Waals surface area contributed by atoms with Gasteiger partial charge in [-0.3, -0.25) is 0 Å². The van der Waals surface area contributed by atoms with Gasteiger partial charge in [-0.05, 0) is 92.1 Å². The molecular weight excluding hydrogens is 1480 g/mol.